The zero-order valence-electron chi connectivity index (χ0n) is 16.9. The smallest absolute Gasteiger partial charge is 0.255 e. The molecule has 0 radical (unpaired) electrons. The predicted molar refractivity (Wildman–Crippen MR) is 124 cm³/mol. The summed E-state index contributed by atoms with van der Waals surface area (Å²) in [6, 6.07) is 5.84. The molecule has 162 valence electrons. The van der Waals surface area contributed by atoms with E-state index in [1.165, 1.54) is 0 Å². The summed E-state index contributed by atoms with van der Waals surface area (Å²) in [7, 11) is 1.86. The number of nitrogens with two attached hydrogens (primary N) is 1. The van der Waals surface area contributed by atoms with Crippen LogP contribution in [0.2, 0.25) is 5.02 Å². The number of hydrogen-bond donors (Lipinski definition) is 3. The van der Waals surface area contributed by atoms with Crippen LogP contribution in [-0.2, 0) is 7.05 Å². The fourth-order valence-electron chi connectivity index (χ4n) is 4.22. The Labute approximate surface area is 190 Å². The Morgan fingerprint density at radius 2 is 2.19 bits per heavy atom. The lowest BCUT2D eigenvalue weighted by molar-refractivity contribution is 0.0927. The van der Waals surface area contributed by atoms with Crippen molar-refractivity contribution in [3.63, 3.8) is 0 Å². The van der Waals surface area contributed by atoms with Gasteiger partial charge in [-0.05, 0) is 43.9 Å². The molecule has 1 saturated carbocycles. The third-order valence-electron chi connectivity index (χ3n) is 5.73. The van der Waals surface area contributed by atoms with Crippen LogP contribution in [0.3, 0.4) is 0 Å². The molecule has 3 heterocycles. The molecule has 1 fully saturated rings. The number of nitrogens with zero attached hydrogens (tertiary/aromatic N) is 4. The number of rotatable bonds is 3. The van der Waals surface area contributed by atoms with Crippen molar-refractivity contribution >= 4 is 52.0 Å². The minimum absolute atomic E-state index is 0. The lowest BCUT2D eigenvalue weighted by atomic mass is 9.91. The van der Waals surface area contributed by atoms with Crippen molar-refractivity contribution in [2.75, 3.05) is 0 Å². The standard InChI is InChI=1S/C21H22ClN7O.ClH/c1-29-17-7-11(22)5-6-14(17)18(28-29)16-10-25-20-19(27-16)15(9-24-20)21(30)26-13-4-2-3-12(23)8-13;/h5-7,9-10,12-13H,2-4,8,23H2,1H3,(H,24,25)(H,26,30);1H. The van der Waals surface area contributed by atoms with Crippen LogP contribution in [-0.4, -0.2) is 42.7 Å². The molecule has 3 aromatic heterocycles. The molecule has 31 heavy (non-hydrogen) atoms. The summed E-state index contributed by atoms with van der Waals surface area (Å²) in [4.78, 5) is 25.2. The van der Waals surface area contributed by atoms with E-state index in [-0.39, 0.29) is 30.4 Å². The van der Waals surface area contributed by atoms with Crippen molar-refractivity contribution < 1.29 is 4.79 Å². The normalized spacial score (nSPS) is 18.8. The van der Waals surface area contributed by atoms with Crippen LogP contribution in [0.25, 0.3) is 33.5 Å². The lowest BCUT2D eigenvalue weighted by Crippen LogP contribution is -2.42. The summed E-state index contributed by atoms with van der Waals surface area (Å²) in [6.45, 7) is 0. The number of carbonyl (C=O) groups excluding carboxylic acids is 1. The van der Waals surface area contributed by atoms with Gasteiger partial charge in [0.05, 0.1) is 17.3 Å². The van der Waals surface area contributed by atoms with Crippen molar-refractivity contribution in [1.82, 2.24) is 30.0 Å². The quantitative estimate of drug-likeness (QED) is 0.432. The van der Waals surface area contributed by atoms with Crippen LogP contribution < -0.4 is 11.1 Å². The SMILES string of the molecule is Cl.Cn1nc(-c2cnc3[nH]cc(C(=O)NC4CCCC(N)C4)c3n2)c2ccc(Cl)cc21. The average Bonchev–Trinajstić information content (AvgIpc) is 3.29. The van der Waals surface area contributed by atoms with Crippen molar-refractivity contribution in [2.45, 2.75) is 37.8 Å². The number of aryl methyl sites for hydroxylation is 1. The number of hydrogen-bond acceptors (Lipinski definition) is 5. The van der Waals surface area contributed by atoms with Gasteiger partial charge in [0.2, 0.25) is 0 Å². The second kappa shape index (κ2) is 8.45. The molecule has 0 spiro atoms. The van der Waals surface area contributed by atoms with Crippen molar-refractivity contribution in [3.8, 4) is 11.4 Å². The highest BCUT2D eigenvalue weighted by atomic mass is 35.5. The van der Waals surface area contributed by atoms with Gasteiger partial charge in [-0.15, -0.1) is 12.4 Å². The van der Waals surface area contributed by atoms with Gasteiger partial charge >= 0.3 is 0 Å². The Morgan fingerprint density at radius 1 is 1.35 bits per heavy atom. The molecule has 1 aromatic carbocycles. The molecule has 0 bridgehead atoms. The van der Waals surface area contributed by atoms with Gasteiger partial charge in [0.25, 0.3) is 5.91 Å². The minimum Gasteiger partial charge on any atom is -0.349 e. The second-order valence-corrected chi connectivity index (χ2v) is 8.32. The molecule has 5 rings (SSSR count). The maximum atomic E-state index is 12.9. The maximum Gasteiger partial charge on any atom is 0.255 e. The van der Waals surface area contributed by atoms with Crippen LogP contribution in [0, 0.1) is 0 Å². The Balaban J connectivity index is 0.00000231. The molecule has 4 N–H and O–H groups in total. The number of amides is 1. The number of aromatic nitrogens is 5. The highest BCUT2D eigenvalue weighted by Gasteiger charge is 2.23. The summed E-state index contributed by atoms with van der Waals surface area (Å²) in [5.74, 6) is -0.163. The van der Waals surface area contributed by atoms with Crippen LogP contribution in [0.15, 0.2) is 30.6 Å². The molecule has 8 nitrogen and oxygen atoms in total. The molecular weight excluding hydrogens is 437 g/mol. The van der Waals surface area contributed by atoms with Crippen molar-refractivity contribution in [3.05, 3.63) is 41.2 Å². The highest BCUT2D eigenvalue weighted by Crippen LogP contribution is 2.29. The first kappa shape index (κ1) is 21.5. The zero-order valence-corrected chi connectivity index (χ0v) is 18.5. The van der Waals surface area contributed by atoms with E-state index in [2.05, 4.69) is 20.4 Å². The van der Waals surface area contributed by atoms with E-state index in [9.17, 15) is 4.79 Å². The Kier molecular flexibility index (Phi) is 5.88. The topological polar surface area (TPSA) is 115 Å². The summed E-state index contributed by atoms with van der Waals surface area (Å²) < 4.78 is 1.76. The van der Waals surface area contributed by atoms with Crippen molar-refractivity contribution in [1.29, 1.82) is 0 Å². The summed E-state index contributed by atoms with van der Waals surface area (Å²) in [5, 5.41) is 9.27. The average molecular weight is 460 g/mol. The first-order valence-corrected chi connectivity index (χ1v) is 10.4. The minimum atomic E-state index is -0.163. The van der Waals surface area contributed by atoms with Gasteiger partial charge in [-0.1, -0.05) is 11.6 Å². The van der Waals surface area contributed by atoms with E-state index in [1.807, 2.05) is 25.2 Å². The first-order valence-electron chi connectivity index (χ1n) is 10.0. The third-order valence-corrected chi connectivity index (χ3v) is 5.97. The van der Waals surface area contributed by atoms with Gasteiger partial charge in [0, 0.05) is 35.7 Å². The van der Waals surface area contributed by atoms with Crippen LogP contribution in [0.1, 0.15) is 36.0 Å². The number of halogens is 2. The van der Waals surface area contributed by atoms with Crippen LogP contribution in [0.5, 0.6) is 0 Å². The van der Waals surface area contributed by atoms with Gasteiger partial charge in [0.1, 0.15) is 16.9 Å². The summed E-state index contributed by atoms with van der Waals surface area (Å²) >= 11 is 6.13. The molecule has 4 aromatic rings. The maximum absolute atomic E-state index is 12.9. The predicted octanol–water partition coefficient (Wildman–Crippen LogP) is 3.59. The van der Waals surface area contributed by atoms with E-state index >= 15 is 0 Å². The number of fused-ring (bicyclic) bond motifs is 2. The Hall–Kier alpha value is -2.68. The van der Waals surface area contributed by atoms with Crippen LogP contribution in [0.4, 0.5) is 0 Å². The molecule has 2 atom stereocenters. The Morgan fingerprint density at radius 3 is 3.00 bits per heavy atom. The molecule has 1 aliphatic rings. The molecule has 10 heteroatoms. The summed E-state index contributed by atoms with van der Waals surface area (Å²) in [5.41, 5.74) is 9.82. The van der Waals surface area contributed by atoms with Crippen molar-refractivity contribution in [2.24, 2.45) is 12.8 Å². The van der Waals surface area contributed by atoms with E-state index < -0.39 is 0 Å². The van der Waals surface area contributed by atoms with Gasteiger partial charge in [-0.25, -0.2) is 9.97 Å². The molecule has 0 saturated heterocycles. The first-order chi connectivity index (χ1) is 14.5. The number of benzene rings is 1. The number of H-pyrrole nitrogens is 1. The highest BCUT2D eigenvalue weighted by molar-refractivity contribution is 6.31. The fraction of sp³-hybridized carbons (Fsp3) is 0.333. The van der Waals surface area contributed by atoms with E-state index in [1.54, 1.807) is 17.1 Å². The van der Waals surface area contributed by atoms with Gasteiger partial charge < -0.3 is 16.0 Å². The second-order valence-electron chi connectivity index (χ2n) is 7.89. The largest absolute Gasteiger partial charge is 0.349 e. The molecule has 2 unspecified atom stereocenters. The van der Waals surface area contributed by atoms with Gasteiger partial charge in [-0.3, -0.25) is 9.48 Å². The van der Waals surface area contributed by atoms with E-state index in [0.717, 1.165) is 36.6 Å². The fourth-order valence-corrected chi connectivity index (χ4v) is 4.39. The third kappa shape index (κ3) is 3.98. The zero-order chi connectivity index (χ0) is 20.8. The number of nitrogens with one attached hydrogen (secondary N) is 2. The molecule has 1 amide bonds. The number of carbonyl (C=O) groups is 1. The number of aromatic amines is 1. The monoisotopic (exact) mass is 459 g/mol. The molecular formula is C21H23Cl2N7O. The lowest BCUT2D eigenvalue weighted by Gasteiger charge is -2.27. The summed E-state index contributed by atoms with van der Waals surface area (Å²) in [6.07, 6.45) is 7.10. The van der Waals surface area contributed by atoms with Gasteiger partial charge in [0.15, 0.2) is 5.65 Å². The molecule has 0 aliphatic heterocycles. The van der Waals surface area contributed by atoms with Crippen LogP contribution >= 0.6 is 24.0 Å². The Bertz CT molecular complexity index is 1270. The van der Waals surface area contributed by atoms with Gasteiger partial charge in [-0.2, -0.15) is 5.10 Å². The van der Waals surface area contributed by atoms with E-state index in [4.69, 9.17) is 22.3 Å². The molecule has 1 aliphatic carbocycles. The van der Waals surface area contributed by atoms with E-state index in [0.29, 0.717) is 33.1 Å².